The number of thiophene rings is 1. The van der Waals surface area contributed by atoms with Crippen LogP contribution in [0, 0.1) is 6.92 Å². The Balaban J connectivity index is 1.90. The summed E-state index contributed by atoms with van der Waals surface area (Å²) >= 11 is 1.38. The van der Waals surface area contributed by atoms with E-state index in [4.69, 9.17) is 0 Å². The lowest BCUT2D eigenvalue weighted by Crippen LogP contribution is -2.21. The molecule has 0 saturated carbocycles. The van der Waals surface area contributed by atoms with Crippen LogP contribution in [-0.4, -0.2) is 12.3 Å². The molecule has 0 aliphatic carbocycles. The molecule has 1 aromatic heterocycles. The van der Waals surface area contributed by atoms with Crippen molar-refractivity contribution in [1.82, 2.24) is 5.32 Å². The van der Waals surface area contributed by atoms with Gasteiger partial charge in [0.25, 0.3) is 5.91 Å². The van der Waals surface area contributed by atoms with Crippen LogP contribution in [0.4, 0.5) is 13.2 Å². The monoisotopic (exact) mass is 315 g/mol. The predicted molar refractivity (Wildman–Crippen MR) is 73.4 cm³/mol. The van der Waals surface area contributed by atoms with E-state index in [-0.39, 0.29) is 18.2 Å². The Bertz CT molecular complexity index is 620. The highest BCUT2D eigenvalue weighted by Crippen LogP contribution is 2.22. The molecule has 0 fully saturated rings. The minimum absolute atomic E-state index is 0.205. The summed E-state index contributed by atoms with van der Waals surface area (Å²) in [6, 6.07) is 8.95. The summed E-state index contributed by atoms with van der Waals surface area (Å²) in [5, 5.41) is 2.70. The fourth-order valence-corrected chi connectivity index (χ4v) is 2.42. The van der Waals surface area contributed by atoms with E-state index >= 15 is 0 Å². The number of carbonyl (C=O) groups is 1. The Kier molecular flexibility index (Phi) is 4.52. The highest BCUT2D eigenvalue weighted by atomic mass is 32.1. The minimum Gasteiger partial charge on any atom is -0.406 e. The van der Waals surface area contributed by atoms with Crippen LogP contribution in [0.5, 0.6) is 5.75 Å². The molecule has 0 unspecified atom stereocenters. The standard InChI is InChI=1S/C14H12F3NO2S/c1-9-2-7-12(21-9)13(19)18-8-10-3-5-11(6-4-10)20-14(15,16)17/h2-7H,8H2,1H3,(H,18,19). The van der Waals surface area contributed by atoms with E-state index < -0.39 is 6.36 Å². The molecule has 7 heteroatoms. The number of rotatable bonds is 4. The molecule has 0 bridgehead atoms. The molecule has 112 valence electrons. The first-order valence-corrected chi connectivity index (χ1v) is 6.84. The molecular formula is C14H12F3NO2S. The maximum absolute atomic E-state index is 12.0. The van der Waals surface area contributed by atoms with E-state index in [0.29, 0.717) is 10.4 Å². The van der Waals surface area contributed by atoms with E-state index in [1.54, 1.807) is 6.07 Å². The van der Waals surface area contributed by atoms with Gasteiger partial charge >= 0.3 is 6.36 Å². The number of hydrogen-bond acceptors (Lipinski definition) is 3. The zero-order chi connectivity index (χ0) is 15.5. The van der Waals surface area contributed by atoms with Crippen molar-refractivity contribution in [2.75, 3.05) is 0 Å². The van der Waals surface area contributed by atoms with Crippen LogP contribution in [0.15, 0.2) is 36.4 Å². The van der Waals surface area contributed by atoms with Crippen LogP contribution in [0.1, 0.15) is 20.1 Å². The summed E-state index contributed by atoms with van der Waals surface area (Å²) in [5.74, 6) is -0.491. The summed E-state index contributed by atoms with van der Waals surface area (Å²) in [7, 11) is 0. The van der Waals surface area contributed by atoms with Gasteiger partial charge in [0.1, 0.15) is 5.75 Å². The first-order chi connectivity index (χ1) is 9.83. The first-order valence-electron chi connectivity index (χ1n) is 6.03. The molecular weight excluding hydrogens is 303 g/mol. The number of carbonyl (C=O) groups excluding carboxylic acids is 1. The first kappa shape index (κ1) is 15.4. The highest BCUT2D eigenvalue weighted by Gasteiger charge is 2.30. The lowest BCUT2D eigenvalue weighted by Gasteiger charge is -2.09. The van der Waals surface area contributed by atoms with E-state index in [1.165, 1.54) is 35.6 Å². The Labute approximate surface area is 123 Å². The Morgan fingerprint density at radius 2 is 1.86 bits per heavy atom. The van der Waals surface area contributed by atoms with Gasteiger partial charge in [-0.3, -0.25) is 4.79 Å². The second-order valence-electron chi connectivity index (χ2n) is 4.28. The molecule has 0 aliphatic heterocycles. The van der Waals surface area contributed by atoms with Gasteiger partial charge in [-0.2, -0.15) is 0 Å². The Hall–Kier alpha value is -2.02. The third-order valence-corrected chi connectivity index (χ3v) is 3.57. The van der Waals surface area contributed by atoms with E-state index in [9.17, 15) is 18.0 Å². The molecule has 1 aromatic carbocycles. The normalized spacial score (nSPS) is 11.2. The molecule has 2 aromatic rings. The van der Waals surface area contributed by atoms with Crippen LogP contribution in [-0.2, 0) is 6.54 Å². The Morgan fingerprint density at radius 3 is 2.38 bits per heavy atom. The molecule has 1 amide bonds. The van der Waals surface area contributed by atoms with Crippen molar-refractivity contribution in [2.24, 2.45) is 0 Å². The average molecular weight is 315 g/mol. The van der Waals surface area contributed by atoms with E-state index in [2.05, 4.69) is 10.1 Å². The van der Waals surface area contributed by atoms with Crippen LogP contribution in [0.25, 0.3) is 0 Å². The second-order valence-corrected chi connectivity index (χ2v) is 5.57. The van der Waals surface area contributed by atoms with Crippen molar-refractivity contribution in [1.29, 1.82) is 0 Å². The number of nitrogens with one attached hydrogen (secondary N) is 1. The van der Waals surface area contributed by atoms with Crippen molar-refractivity contribution >= 4 is 17.2 Å². The zero-order valence-corrected chi connectivity index (χ0v) is 11.8. The van der Waals surface area contributed by atoms with E-state index in [0.717, 1.165) is 4.88 Å². The molecule has 0 spiro atoms. The molecule has 0 atom stereocenters. The molecule has 0 aliphatic rings. The molecule has 1 N–H and O–H groups in total. The number of amides is 1. The largest absolute Gasteiger partial charge is 0.573 e. The topological polar surface area (TPSA) is 38.3 Å². The summed E-state index contributed by atoms with van der Waals surface area (Å²) < 4.78 is 39.8. The molecule has 2 rings (SSSR count). The molecule has 21 heavy (non-hydrogen) atoms. The van der Waals surface area contributed by atoms with Gasteiger partial charge in [-0.15, -0.1) is 24.5 Å². The van der Waals surface area contributed by atoms with Crippen molar-refractivity contribution in [3.05, 3.63) is 51.7 Å². The van der Waals surface area contributed by atoms with Gasteiger partial charge < -0.3 is 10.1 Å². The van der Waals surface area contributed by atoms with Crippen molar-refractivity contribution in [2.45, 2.75) is 19.8 Å². The highest BCUT2D eigenvalue weighted by molar-refractivity contribution is 7.13. The lowest BCUT2D eigenvalue weighted by molar-refractivity contribution is -0.274. The van der Waals surface area contributed by atoms with Gasteiger partial charge in [-0.1, -0.05) is 12.1 Å². The smallest absolute Gasteiger partial charge is 0.406 e. The fraction of sp³-hybridized carbons (Fsp3) is 0.214. The second kappa shape index (κ2) is 6.17. The van der Waals surface area contributed by atoms with E-state index in [1.807, 2.05) is 13.0 Å². The van der Waals surface area contributed by atoms with Gasteiger partial charge in [0.2, 0.25) is 0 Å². The number of aryl methyl sites for hydroxylation is 1. The SMILES string of the molecule is Cc1ccc(C(=O)NCc2ccc(OC(F)(F)F)cc2)s1. The van der Waals surface area contributed by atoms with Crippen molar-refractivity contribution in [3.63, 3.8) is 0 Å². The van der Waals surface area contributed by atoms with Crippen molar-refractivity contribution < 1.29 is 22.7 Å². The maximum Gasteiger partial charge on any atom is 0.573 e. The van der Waals surface area contributed by atoms with Gasteiger partial charge in [0, 0.05) is 11.4 Å². The summed E-state index contributed by atoms with van der Waals surface area (Å²) in [6.45, 7) is 2.14. The number of hydrogen-bond donors (Lipinski definition) is 1. The van der Waals surface area contributed by atoms with Crippen molar-refractivity contribution in [3.8, 4) is 5.75 Å². The van der Waals surface area contributed by atoms with Crippen LogP contribution in [0.2, 0.25) is 0 Å². The summed E-state index contributed by atoms with van der Waals surface area (Å²) in [6.07, 6.45) is -4.70. The minimum atomic E-state index is -4.70. The molecule has 3 nitrogen and oxygen atoms in total. The summed E-state index contributed by atoms with van der Waals surface area (Å²) in [4.78, 5) is 13.4. The van der Waals surface area contributed by atoms with Crippen LogP contribution in [0.3, 0.4) is 0 Å². The molecule has 0 saturated heterocycles. The third kappa shape index (κ3) is 4.78. The van der Waals surface area contributed by atoms with Crippen LogP contribution >= 0.6 is 11.3 Å². The molecule has 1 heterocycles. The number of halogens is 3. The van der Waals surface area contributed by atoms with Crippen LogP contribution < -0.4 is 10.1 Å². The lowest BCUT2D eigenvalue weighted by atomic mass is 10.2. The number of alkyl halides is 3. The van der Waals surface area contributed by atoms with Gasteiger partial charge in [-0.05, 0) is 36.8 Å². The quantitative estimate of drug-likeness (QED) is 0.929. The van der Waals surface area contributed by atoms with Gasteiger partial charge in [0.05, 0.1) is 4.88 Å². The number of benzene rings is 1. The Morgan fingerprint density at radius 1 is 1.19 bits per heavy atom. The average Bonchev–Trinajstić information content (AvgIpc) is 2.82. The summed E-state index contributed by atoms with van der Waals surface area (Å²) in [5.41, 5.74) is 0.686. The fourth-order valence-electron chi connectivity index (χ4n) is 1.63. The molecule has 0 radical (unpaired) electrons. The zero-order valence-electron chi connectivity index (χ0n) is 11.0. The number of ether oxygens (including phenoxy) is 1. The predicted octanol–water partition coefficient (Wildman–Crippen LogP) is 3.89. The third-order valence-electron chi connectivity index (χ3n) is 2.57. The maximum atomic E-state index is 12.0. The van der Waals surface area contributed by atoms with Gasteiger partial charge in [-0.25, -0.2) is 0 Å². The van der Waals surface area contributed by atoms with Gasteiger partial charge in [0.15, 0.2) is 0 Å².